The van der Waals surface area contributed by atoms with Gasteiger partial charge in [-0.3, -0.25) is 9.69 Å². The molecule has 0 unspecified atom stereocenters. The zero-order chi connectivity index (χ0) is 20.2. The lowest BCUT2D eigenvalue weighted by molar-refractivity contribution is 0.0903. The number of rotatable bonds is 5. The summed E-state index contributed by atoms with van der Waals surface area (Å²) in [6.07, 6.45) is 4.01. The quantitative estimate of drug-likeness (QED) is 0.704. The number of nitrogens with one attached hydrogen (secondary N) is 2. The third kappa shape index (κ3) is 6.19. The molecule has 3 heterocycles. The van der Waals surface area contributed by atoms with Gasteiger partial charge in [-0.1, -0.05) is 29.5 Å². The first kappa shape index (κ1) is 25.6. The number of aromatic nitrogens is 3. The highest BCUT2D eigenvalue weighted by molar-refractivity contribution is 5.93. The molecule has 0 bridgehead atoms. The predicted octanol–water partition coefficient (Wildman–Crippen LogP) is 3.06. The van der Waals surface area contributed by atoms with Crippen molar-refractivity contribution in [3.8, 4) is 0 Å². The van der Waals surface area contributed by atoms with Gasteiger partial charge < -0.3 is 10.6 Å². The van der Waals surface area contributed by atoms with Gasteiger partial charge in [0, 0.05) is 25.7 Å². The molecule has 2 aromatic rings. The standard InChI is InChI=1S/C22H32N6O.2ClH/c1-16-5-3-4-6-18(16)15-27-13-9-19(10-14-27)24-22(29)21-17(2)28(26-25-21)20-7-11-23-12-8-20;;/h3-6,19-20,23H,7-15H2,1-2H3,(H,24,29);2*1H. The lowest BCUT2D eigenvalue weighted by Crippen LogP contribution is -2.44. The number of nitrogens with zero attached hydrogens (tertiary/aromatic N) is 4. The van der Waals surface area contributed by atoms with E-state index in [0.717, 1.165) is 64.1 Å². The van der Waals surface area contributed by atoms with Crippen molar-refractivity contribution in [2.45, 2.75) is 58.2 Å². The largest absolute Gasteiger partial charge is 0.348 e. The van der Waals surface area contributed by atoms with Crippen molar-refractivity contribution in [1.29, 1.82) is 0 Å². The Balaban J connectivity index is 0.00000171. The first-order chi connectivity index (χ1) is 14.1. The molecule has 1 amide bonds. The fraction of sp³-hybridized carbons (Fsp3) is 0.591. The third-order valence-corrected chi connectivity index (χ3v) is 6.38. The average molecular weight is 469 g/mol. The molecule has 172 valence electrons. The Morgan fingerprint density at radius 3 is 2.45 bits per heavy atom. The average Bonchev–Trinajstić information content (AvgIpc) is 3.13. The van der Waals surface area contributed by atoms with Crippen molar-refractivity contribution in [2.75, 3.05) is 26.2 Å². The van der Waals surface area contributed by atoms with Gasteiger partial charge in [0.25, 0.3) is 5.91 Å². The molecule has 4 rings (SSSR count). The Bertz CT molecular complexity index is 844. The molecule has 0 saturated carbocycles. The molecule has 2 aliphatic rings. The van der Waals surface area contributed by atoms with Crippen molar-refractivity contribution in [3.05, 3.63) is 46.8 Å². The van der Waals surface area contributed by atoms with E-state index in [9.17, 15) is 4.79 Å². The maximum atomic E-state index is 12.8. The van der Waals surface area contributed by atoms with Crippen molar-refractivity contribution in [2.24, 2.45) is 0 Å². The molecule has 1 aromatic carbocycles. The van der Waals surface area contributed by atoms with Gasteiger partial charge in [0.1, 0.15) is 0 Å². The molecule has 0 aliphatic carbocycles. The number of likely N-dealkylation sites (tertiary alicyclic amines) is 1. The molecule has 2 aliphatic heterocycles. The van der Waals surface area contributed by atoms with Crippen LogP contribution in [0.1, 0.15) is 59.0 Å². The molecule has 7 nitrogen and oxygen atoms in total. The molecule has 9 heteroatoms. The summed E-state index contributed by atoms with van der Waals surface area (Å²) in [5.74, 6) is -0.0833. The fourth-order valence-corrected chi connectivity index (χ4v) is 4.47. The summed E-state index contributed by atoms with van der Waals surface area (Å²) in [5, 5.41) is 15.1. The van der Waals surface area contributed by atoms with Gasteiger partial charge in [-0.05, 0) is 63.7 Å². The van der Waals surface area contributed by atoms with E-state index in [1.807, 2.05) is 11.6 Å². The van der Waals surface area contributed by atoms with Crippen LogP contribution >= 0.6 is 24.8 Å². The molecule has 2 fully saturated rings. The molecule has 0 spiro atoms. The number of hydrogen-bond donors (Lipinski definition) is 2. The van der Waals surface area contributed by atoms with E-state index >= 15 is 0 Å². The van der Waals surface area contributed by atoms with Crippen LogP contribution in [-0.4, -0.2) is 58.0 Å². The fourth-order valence-electron chi connectivity index (χ4n) is 4.47. The number of carbonyl (C=O) groups excluding carboxylic acids is 1. The van der Waals surface area contributed by atoms with E-state index in [4.69, 9.17) is 0 Å². The summed E-state index contributed by atoms with van der Waals surface area (Å²) in [6.45, 7) is 9.10. The minimum atomic E-state index is -0.0833. The zero-order valence-corrected chi connectivity index (χ0v) is 20.0. The highest BCUT2D eigenvalue weighted by atomic mass is 35.5. The van der Waals surface area contributed by atoms with Gasteiger partial charge in [-0.15, -0.1) is 29.9 Å². The van der Waals surface area contributed by atoms with Crippen LogP contribution in [0.4, 0.5) is 0 Å². The van der Waals surface area contributed by atoms with Crippen LogP contribution < -0.4 is 10.6 Å². The summed E-state index contributed by atoms with van der Waals surface area (Å²) in [7, 11) is 0. The van der Waals surface area contributed by atoms with E-state index in [-0.39, 0.29) is 36.8 Å². The normalized spacial score (nSPS) is 18.1. The molecule has 0 radical (unpaired) electrons. The summed E-state index contributed by atoms with van der Waals surface area (Å²) >= 11 is 0. The smallest absolute Gasteiger partial charge is 0.273 e. The second kappa shape index (κ2) is 11.8. The van der Waals surface area contributed by atoms with Crippen LogP contribution in [0.15, 0.2) is 24.3 Å². The minimum absolute atomic E-state index is 0. The topological polar surface area (TPSA) is 75.1 Å². The van der Waals surface area contributed by atoms with Crippen molar-refractivity contribution >= 4 is 30.7 Å². The van der Waals surface area contributed by atoms with Gasteiger partial charge in [-0.25, -0.2) is 4.68 Å². The van der Waals surface area contributed by atoms with Crippen LogP contribution in [0.3, 0.4) is 0 Å². The van der Waals surface area contributed by atoms with E-state index < -0.39 is 0 Å². The number of amides is 1. The highest BCUT2D eigenvalue weighted by Crippen LogP contribution is 2.21. The first-order valence-electron chi connectivity index (χ1n) is 10.8. The SMILES string of the molecule is Cc1ccccc1CN1CCC(NC(=O)c2nnn(C3CCNCC3)c2C)CC1.Cl.Cl. The van der Waals surface area contributed by atoms with Gasteiger partial charge in [0.2, 0.25) is 0 Å². The predicted molar refractivity (Wildman–Crippen MR) is 127 cm³/mol. The molecule has 2 N–H and O–H groups in total. The number of benzene rings is 1. The third-order valence-electron chi connectivity index (χ3n) is 6.38. The van der Waals surface area contributed by atoms with Gasteiger partial charge in [-0.2, -0.15) is 0 Å². The first-order valence-corrected chi connectivity index (χ1v) is 10.8. The number of aryl methyl sites for hydroxylation is 1. The molecule has 0 atom stereocenters. The lowest BCUT2D eigenvalue weighted by atomic mass is 10.0. The van der Waals surface area contributed by atoms with Crippen molar-refractivity contribution in [1.82, 2.24) is 30.5 Å². The number of carbonyl (C=O) groups is 1. The van der Waals surface area contributed by atoms with Crippen LogP contribution in [0, 0.1) is 13.8 Å². The number of piperidine rings is 2. The molecular weight excluding hydrogens is 435 g/mol. The minimum Gasteiger partial charge on any atom is -0.348 e. The number of hydrogen-bond acceptors (Lipinski definition) is 5. The second-order valence-corrected chi connectivity index (χ2v) is 8.40. The van der Waals surface area contributed by atoms with Crippen LogP contribution in [0.2, 0.25) is 0 Å². The van der Waals surface area contributed by atoms with Gasteiger partial charge >= 0.3 is 0 Å². The van der Waals surface area contributed by atoms with E-state index in [1.165, 1.54) is 11.1 Å². The van der Waals surface area contributed by atoms with E-state index in [0.29, 0.717) is 11.7 Å². The maximum Gasteiger partial charge on any atom is 0.273 e. The maximum absolute atomic E-state index is 12.8. The molecular formula is C22H34Cl2N6O. The Morgan fingerprint density at radius 2 is 1.77 bits per heavy atom. The lowest BCUT2D eigenvalue weighted by Gasteiger charge is -2.32. The Kier molecular flexibility index (Phi) is 9.75. The summed E-state index contributed by atoms with van der Waals surface area (Å²) < 4.78 is 1.94. The molecule has 1 aromatic heterocycles. The van der Waals surface area contributed by atoms with Crippen LogP contribution in [0.25, 0.3) is 0 Å². The Hall–Kier alpha value is -1.67. The van der Waals surface area contributed by atoms with E-state index in [2.05, 4.69) is 57.0 Å². The summed E-state index contributed by atoms with van der Waals surface area (Å²) in [5.41, 5.74) is 4.09. The van der Waals surface area contributed by atoms with Gasteiger partial charge in [0.15, 0.2) is 5.69 Å². The van der Waals surface area contributed by atoms with Gasteiger partial charge in [0.05, 0.1) is 11.7 Å². The molecule has 31 heavy (non-hydrogen) atoms. The van der Waals surface area contributed by atoms with Crippen molar-refractivity contribution < 1.29 is 4.79 Å². The zero-order valence-electron chi connectivity index (χ0n) is 18.3. The summed E-state index contributed by atoms with van der Waals surface area (Å²) in [6, 6.07) is 9.12. The van der Waals surface area contributed by atoms with Crippen molar-refractivity contribution in [3.63, 3.8) is 0 Å². The van der Waals surface area contributed by atoms with E-state index in [1.54, 1.807) is 0 Å². The monoisotopic (exact) mass is 468 g/mol. The van der Waals surface area contributed by atoms with Crippen LogP contribution in [0.5, 0.6) is 0 Å². The Labute approximate surface area is 197 Å². The molecule has 2 saturated heterocycles. The Morgan fingerprint density at radius 1 is 1.10 bits per heavy atom. The van der Waals surface area contributed by atoms with Crippen LogP contribution in [-0.2, 0) is 6.54 Å². The number of halogens is 2. The highest BCUT2D eigenvalue weighted by Gasteiger charge is 2.26. The second-order valence-electron chi connectivity index (χ2n) is 8.40. The summed E-state index contributed by atoms with van der Waals surface area (Å²) in [4.78, 5) is 15.3.